The third-order valence-electron chi connectivity index (χ3n) is 2.75. The topological polar surface area (TPSA) is 49.3 Å². The Kier molecular flexibility index (Phi) is 3.33. The summed E-state index contributed by atoms with van der Waals surface area (Å²) in [6.07, 6.45) is 0. The number of carbonyl (C=O) groups excluding carboxylic acids is 1. The maximum absolute atomic E-state index is 12.1. The molecular weight excluding hydrogens is 226 g/mol. The van der Waals surface area contributed by atoms with Gasteiger partial charge in [0.1, 0.15) is 5.75 Å². The van der Waals surface area contributed by atoms with Crippen LogP contribution >= 0.6 is 0 Å². The Bertz CT molecular complexity index is 574. The van der Waals surface area contributed by atoms with Gasteiger partial charge in [-0.1, -0.05) is 17.7 Å². The summed E-state index contributed by atoms with van der Waals surface area (Å²) in [5.74, 6) is 0.0395. The molecule has 18 heavy (non-hydrogen) atoms. The van der Waals surface area contributed by atoms with Crippen LogP contribution in [0.2, 0.25) is 0 Å². The monoisotopic (exact) mass is 241 g/mol. The van der Waals surface area contributed by atoms with Gasteiger partial charge in [0.25, 0.3) is 5.91 Å². The van der Waals surface area contributed by atoms with Crippen molar-refractivity contribution in [2.75, 3.05) is 5.32 Å². The zero-order valence-electron chi connectivity index (χ0n) is 10.4. The normalized spacial score (nSPS) is 10.1. The third kappa shape index (κ3) is 2.69. The smallest absolute Gasteiger partial charge is 0.255 e. The highest BCUT2D eigenvalue weighted by Gasteiger charge is 2.08. The van der Waals surface area contributed by atoms with Gasteiger partial charge < -0.3 is 10.4 Å². The van der Waals surface area contributed by atoms with E-state index in [0.717, 1.165) is 11.1 Å². The number of nitrogens with one attached hydrogen (secondary N) is 1. The van der Waals surface area contributed by atoms with Crippen molar-refractivity contribution >= 4 is 11.6 Å². The van der Waals surface area contributed by atoms with E-state index in [1.807, 2.05) is 32.0 Å². The Morgan fingerprint density at radius 1 is 1.06 bits per heavy atom. The molecule has 0 saturated heterocycles. The molecule has 0 aliphatic heterocycles. The summed E-state index contributed by atoms with van der Waals surface area (Å²) >= 11 is 0. The quantitative estimate of drug-likeness (QED) is 0.793. The highest BCUT2D eigenvalue weighted by molar-refractivity contribution is 6.05. The first-order valence-electron chi connectivity index (χ1n) is 5.74. The fourth-order valence-electron chi connectivity index (χ4n) is 1.81. The first-order valence-corrected chi connectivity index (χ1v) is 5.74. The first kappa shape index (κ1) is 12.2. The number of rotatable bonds is 2. The van der Waals surface area contributed by atoms with Crippen LogP contribution in [0.3, 0.4) is 0 Å². The molecule has 0 unspecified atom stereocenters. The lowest BCUT2D eigenvalue weighted by atomic mass is 10.1. The Balaban J connectivity index is 2.19. The van der Waals surface area contributed by atoms with Gasteiger partial charge in [-0.15, -0.1) is 0 Å². The molecule has 0 aromatic heterocycles. The van der Waals surface area contributed by atoms with Crippen molar-refractivity contribution < 1.29 is 9.90 Å². The lowest BCUT2D eigenvalue weighted by Gasteiger charge is -2.08. The molecule has 3 nitrogen and oxygen atoms in total. The van der Waals surface area contributed by atoms with Gasteiger partial charge in [-0.25, -0.2) is 0 Å². The number of aryl methyl sites for hydroxylation is 2. The van der Waals surface area contributed by atoms with E-state index in [1.54, 1.807) is 12.1 Å². The van der Waals surface area contributed by atoms with Crippen LogP contribution in [0.5, 0.6) is 5.75 Å². The Morgan fingerprint density at radius 3 is 2.33 bits per heavy atom. The number of carbonyl (C=O) groups is 1. The zero-order valence-corrected chi connectivity index (χ0v) is 10.4. The fourth-order valence-corrected chi connectivity index (χ4v) is 1.81. The van der Waals surface area contributed by atoms with E-state index in [0.29, 0.717) is 11.3 Å². The van der Waals surface area contributed by atoms with Gasteiger partial charge in [0.2, 0.25) is 0 Å². The maximum Gasteiger partial charge on any atom is 0.255 e. The van der Waals surface area contributed by atoms with Crippen LogP contribution in [-0.4, -0.2) is 11.0 Å². The van der Waals surface area contributed by atoms with Crippen molar-refractivity contribution in [3.63, 3.8) is 0 Å². The summed E-state index contributed by atoms with van der Waals surface area (Å²) in [6, 6.07) is 12.1. The second-order valence-corrected chi connectivity index (χ2v) is 4.32. The summed E-state index contributed by atoms with van der Waals surface area (Å²) in [5.41, 5.74) is 3.41. The average Bonchev–Trinajstić information content (AvgIpc) is 2.32. The van der Waals surface area contributed by atoms with Crippen molar-refractivity contribution in [2.24, 2.45) is 0 Å². The Hall–Kier alpha value is -2.29. The summed E-state index contributed by atoms with van der Waals surface area (Å²) < 4.78 is 0. The average molecular weight is 241 g/mol. The van der Waals surface area contributed by atoms with Crippen LogP contribution in [0.15, 0.2) is 42.5 Å². The van der Waals surface area contributed by atoms with E-state index >= 15 is 0 Å². The molecule has 3 heteroatoms. The molecule has 0 aliphatic carbocycles. The summed E-state index contributed by atoms with van der Waals surface area (Å²) in [4.78, 5) is 12.1. The van der Waals surface area contributed by atoms with Gasteiger partial charge >= 0.3 is 0 Å². The molecule has 2 N–H and O–H groups in total. The van der Waals surface area contributed by atoms with Crippen LogP contribution in [-0.2, 0) is 0 Å². The molecule has 0 spiro atoms. The number of hydrogen-bond acceptors (Lipinski definition) is 2. The molecule has 2 aromatic carbocycles. The maximum atomic E-state index is 12.1. The minimum atomic E-state index is -0.141. The molecule has 0 atom stereocenters. The van der Waals surface area contributed by atoms with E-state index < -0.39 is 0 Å². The van der Waals surface area contributed by atoms with Crippen molar-refractivity contribution in [1.82, 2.24) is 0 Å². The predicted molar refractivity (Wildman–Crippen MR) is 72.0 cm³/mol. The van der Waals surface area contributed by atoms with Crippen LogP contribution in [0, 0.1) is 13.8 Å². The van der Waals surface area contributed by atoms with Crippen LogP contribution in [0.4, 0.5) is 5.69 Å². The minimum absolute atomic E-state index is 0.141. The lowest BCUT2D eigenvalue weighted by Crippen LogP contribution is -2.13. The Morgan fingerprint density at radius 2 is 1.72 bits per heavy atom. The molecule has 0 aliphatic rings. The molecule has 0 fully saturated rings. The van der Waals surface area contributed by atoms with Crippen molar-refractivity contribution in [3.05, 3.63) is 59.2 Å². The van der Waals surface area contributed by atoms with E-state index in [-0.39, 0.29) is 11.7 Å². The van der Waals surface area contributed by atoms with Crippen molar-refractivity contribution in [2.45, 2.75) is 13.8 Å². The molecule has 0 bridgehead atoms. The van der Waals surface area contributed by atoms with Gasteiger partial charge in [0.15, 0.2) is 0 Å². The number of aromatic hydroxyl groups is 1. The lowest BCUT2D eigenvalue weighted by molar-refractivity contribution is 0.102. The molecule has 2 aromatic rings. The van der Waals surface area contributed by atoms with Gasteiger partial charge in [0, 0.05) is 11.3 Å². The number of phenolic OH excluding ortho intramolecular Hbond substituents is 1. The minimum Gasteiger partial charge on any atom is -0.508 e. The molecule has 1 amide bonds. The molecule has 2 rings (SSSR count). The fraction of sp³-hybridized carbons (Fsp3) is 0.133. The van der Waals surface area contributed by atoms with Gasteiger partial charge in [0.05, 0.1) is 0 Å². The van der Waals surface area contributed by atoms with E-state index in [1.165, 1.54) is 12.1 Å². The largest absolute Gasteiger partial charge is 0.508 e. The molecule has 0 saturated carbocycles. The Labute approximate surface area is 106 Å². The van der Waals surface area contributed by atoms with Gasteiger partial charge in [-0.2, -0.15) is 0 Å². The van der Waals surface area contributed by atoms with Crippen LogP contribution in [0.1, 0.15) is 21.5 Å². The second kappa shape index (κ2) is 4.92. The number of hydrogen-bond donors (Lipinski definition) is 2. The van der Waals surface area contributed by atoms with Gasteiger partial charge in [-0.05, 0) is 49.7 Å². The molecular formula is C15H15NO2. The summed E-state index contributed by atoms with van der Waals surface area (Å²) in [5, 5.41) is 12.0. The number of amides is 1. The third-order valence-corrected chi connectivity index (χ3v) is 2.75. The van der Waals surface area contributed by atoms with Crippen LogP contribution in [0.25, 0.3) is 0 Å². The highest BCUT2D eigenvalue weighted by Crippen LogP contribution is 2.16. The van der Waals surface area contributed by atoms with Crippen LogP contribution < -0.4 is 5.32 Å². The first-order chi connectivity index (χ1) is 8.56. The number of benzene rings is 2. The SMILES string of the molecule is Cc1ccc(C(=O)Nc2ccc(O)cc2)c(C)c1. The van der Waals surface area contributed by atoms with E-state index in [4.69, 9.17) is 5.11 Å². The van der Waals surface area contributed by atoms with E-state index in [9.17, 15) is 4.79 Å². The molecule has 0 radical (unpaired) electrons. The van der Waals surface area contributed by atoms with E-state index in [2.05, 4.69) is 5.32 Å². The highest BCUT2D eigenvalue weighted by atomic mass is 16.3. The predicted octanol–water partition coefficient (Wildman–Crippen LogP) is 3.26. The van der Waals surface area contributed by atoms with Crippen molar-refractivity contribution in [3.8, 4) is 5.75 Å². The summed E-state index contributed by atoms with van der Waals surface area (Å²) in [6.45, 7) is 3.91. The number of anilines is 1. The number of phenols is 1. The second-order valence-electron chi connectivity index (χ2n) is 4.32. The van der Waals surface area contributed by atoms with Gasteiger partial charge in [-0.3, -0.25) is 4.79 Å². The molecule has 92 valence electrons. The summed E-state index contributed by atoms with van der Waals surface area (Å²) in [7, 11) is 0. The molecule has 0 heterocycles. The zero-order chi connectivity index (χ0) is 13.1. The standard InChI is InChI=1S/C15H15NO2/c1-10-3-8-14(11(2)9-10)15(18)16-12-4-6-13(17)7-5-12/h3-9,17H,1-2H3,(H,16,18). The van der Waals surface area contributed by atoms with Crippen molar-refractivity contribution in [1.29, 1.82) is 0 Å².